The number of carbonyl (C=O) groups is 1. The van der Waals surface area contributed by atoms with E-state index in [4.69, 9.17) is 26.3 Å². The van der Waals surface area contributed by atoms with Crippen LogP contribution in [0.5, 0.6) is 11.8 Å². The van der Waals surface area contributed by atoms with Gasteiger partial charge in [-0.1, -0.05) is 17.7 Å². The number of β-lactam (4-membered cyclic amide) rings is 1. The molecule has 0 saturated carbocycles. The predicted octanol–water partition coefficient (Wildman–Crippen LogP) is 4.36. The Morgan fingerprint density at radius 2 is 2.00 bits per heavy atom. The number of carbonyl (C=O) groups excluding carboxylic acids is 1. The summed E-state index contributed by atoms with van der Waals surface area (Å²) in [4.78, 5) is 28.9. The number of hydrogen-bond donors (Lipinski definition) is 2. The van der Waals surface area contributed by atoms with Crippen molar-refractivity contribution in [3.63, 3.8) is 0 Å². The topological polar surface area (TPSA) is 94.1 Å². The first-order chi connectivity index (χ1) is 21.2. The molecule has 232 valence electrons. The highest BCUT2D eigenvalue weighted by molar-refractivity contribution is 6.37. The standard InChI is InChI=1S/C32H35ClF2N6O3/c33-27-23(35)4-3-19-11-21(42)12-25(26(19)27)39-10-5-22-24(15-39)37-30(44-18-32-7-2-9-41(32)14-20(34)13-32)38-28(22)40-8-1-6-31(17-40)16-36-29(31)43/h3-4,11-12,20,42H,1-2,5-10,13-18H2,(H,36,43)/t20-,31?,32+/m1/s1. The Bertz CT molecular complexity index is 1680. The predicted molar refractivity (Wildman–Crippen MR) is 163 cm³/mol. The van der Waals surface area contributed by atoms with Crippen molar-refractivity contribution in [1.82, 2.24) is 20.2 Å². The van der Waals surface area contributed by atoms with Gasteiger partial charge in [0, 0.05) is 56.2 Å². The minimum absolute atomic E-state index is 0.0104. The van der Waals surface area contributed by atoms with Crippen molar-refractivity contribution in [3.05, 3.63) is 46.4 Å². The monoisotopic (exact) mass is 624 g/mol. The van der Waals surface area contributed by atoms with Crippen LogP contribution in [-0.4, -0.2) is 83.5 Å². The van der Waals surface area contributed by atoms with Gasteiger partial charge in [0.05, 0.1) is 33.9 Å². The molecule has 12 heteroatoms. The Balaban J connectivity index is 1.16. The molecule has 3 aromatic rings. The lowest BCUT2D eigenvalue weighted by Gasteiger charge is -2.48. The summed E-state index contributed by atoms with van der Waals surface area (Å²) >= 11 is 6.47. The fraction of sp³-hybridized carbons (Fsp3) is 0.531. The highest BCUT2D eigenvalue weighted by Crippen LogP contribution is 2.43. The van der Waals surface area contributed by atoms with Crippen LogP contribution in [0.4, 0.5) is 20.3 Å². The van der Waals surface area contributed by atoms with Gasteiger partial charge in [0.2, 0.25) is 5.91 Å². The molecule has 8 rings (SSSR count). The second-order valence-electron chi connectivity index (χ2n) is 13.2. The molecule has 5 aliphatic rings. The van der Waals surface area contributed by atoms with Crippen LogP contribution in [0.1, 0.15) is 43.4 Å². The lowest BCUT2D eigenvalue weighted by molar-refractivity contribution is -0.140. The van der Waals surface area contributed by atoms with Crippen LogP contribution in [-0.2, 0) is 17.8 Å². The number of aromatic hydroxyl groups is 1. The summed E-state index contributed by atoms with van der Waals surface area (Å²) in [5.74, 6) is 0.415. The lowest BCUT2D eigenvalue weighted by Crippen LogP contribution is -2.65. The van der Waals surface area contributed by atoms with E-state index in [9.17, 15) is 18.7 Å². The summed E-state index contributed by atoms with van der Waals surface area (Å²) in [5, 5.41) is 14.7. The normalized spacial score (nSPS) is 28.2. The maximum atomic E-state index is 14.6. The molecule has 4 fully saturated rings. The molecule has 1 amide bonds. The van der Waals surface area contributed by atoms with E-state index >= 15 is 0 Å². The number of benzene rings is 2. The number of anilines is 2. The van der Waals surface area contributed by atoms with Crippen LogP contribution in [0.3, 0.4) is 0 Å². The van der Waals surface area contributed by atoms with E-state index in [0.717, 1.165) is 55.8 Å². The van der Waals surface area contributed by atoms with E-state index in [1.54, 1.807) is 18.2 Å². The summed E-state index contributed by atoms with van der Waals surface area (Å²) < 4.78 is 35.4. The van der Waals surface area contributed by atoms with Crippen LogP contribution in [0, 0.1) is 11.2 Å². The Morgan fingerprint density at radius 1 is 1.14 bits per heavy atom. The van der Waals surface area contributed by atoms with Gasteiger partial charge in [-0.3, -0.25) is 9.69 Å². The molecule has 6 heterocycles. The van der Waals surface area contributed by atoms with Gasteiger partial charge in [0.15, 0.2) is 0 Å². The van der Waals surface area contributed by atoms with E-state index < -0.39 is 17.4 Å². The van der Waals surface area contributed by atoms with Crippen molar-refractivity contribution in [2.45, 2.75) is 56.8 Å². The molecule has 1 spiro atoms. The molecule has 9 nitrogen and oxygen atoms in total. The number of nitrogens with zero attached hydrogens (tertiary/aromatic N) is 5. The fourth-order valence-corrected chi connectivity index (χ4v) is 8.50. The first kappa shape index (κ1) is 28.1. The Labute approximate surface area is 259 Å². The zero-order valence-corrected chi connectivity index (χ0v) is 25.2. The molecule has 2 aromatic carbocycles. The number of hydrogen-bond acceptors (Lipinski definition) is 8. The summed E-state index contributed by atoms with van der Waals surface area (Å²) in [5.41, 5.74) is 1.65. The van der Waals surface area contributed by atoms with Crippen molar-refractivity contribution in [2.24, 2.45) is 5.41 Å². The number of nitrogens with one attached hydrogen (secondary N) is 1. The van der Waals surface area contributed by atoms with Gasteiger partial charge < -0.3 is 25.0 Å². The minimum atomic E-state index is -0.862. The molecule has 0 aliphatic carbocycles. The summed E-state index contributed by atoms with van der Waals surface area (Å²) in [7, 11) is 0. The van der Waals surface area contributed by atoms with Gasteiger partial charge in [-0.25, -0.2) is 8.78 Å². The molecular weight excluding hydrogens is 590 g/mol. The van der Waals surface area contributed by atoms with Gasteiger partial charge in [-0.2, -0.15) is 9.97 Å². The molecule has 4 saturated heterocycles. The number of rotatable bonds is 5. The van der Waals surface area contributed by atoms with Gasteiger partial charge >= 0.3 is 6.01 Å². The molecule has 0 bridgehead atoms. The zero-order valence-electron chi connectivity index (χ0n) is 24.4. The molecule has 1 unspecified atom stereocenters. The van der Waals surface area contributed by atoms with Crippen molar-refractivity contribution < 1.29 is 23.4 Å². The third kappa shape index (κ3) is 4.45. The smallest absolute Gasteiger partial charge is 0.318 e. The van der Waals surface area contributed by atoms with E-state index in [-0.39, 0.29) is 28.2 Å². The number of aromatic nitrogens is 2. The number of alkyl halides is 1. The first-order valence-corrected chi connectivity index (χ1v) is 15.9. The number of phenols is 1. The number of piperidine rings is 1. The van der Waals surface area contributed by atoms with Crippen molar-refractivity contribution >= 4 is 39.8 Å². The van der Waals surface area contributed by atoms with Gasteiger partial charge in [-0.05, 0) is 56.2 Å². The van der Waals surface area contributed by atoms with E-state index in [0.29, 0.717) is 68.6 Å². The zero-order chi connectivity index (χ0) is 30.2. The molecule has 3 atom stereocenters. The fourth-order valence-electron chi connectivity index (χ4n) is 8.23. The number of ether oxygens (including phenoxy) is 1. The van der Waals surface area contributed by atoms with Crippen LogP contribution in [0.25, 0.3) is 10.8 Å². The van der Waals surface area contributed by atoms with Crippen LogP contribution < -0.4 is 19.9 Å². The van der Waals surface area contributed by atoms with Gasteiger partial charge in [0.1, 0.15) is 30.2 Å². The Hall–Kier alpha value is -3.44. The first-order valence-electron chi connectivity index (χ1n) is 15.5. The van der Waals surface area contributed by atoms with Crippen LogP contribution in [0.2, 0.25) is 5.02 Å². The Kier molecular flexibility index (Phi) is 6.57. The number of fused-ring (bicyclic) bond motifs is 3. The van der Waals surface area contributed by atoms with Crippen molar-refractivity contribution in [3.8, 4) is 11.8 Å². The summed E-state index contributed by atoms with van der Waals surface area (Å²) in [6.07, 6.45) is 3.81. The molecular formula is C32H35ClF2N6O3. The molecule has 0 radical (unpaired) electrons. The average molecular weight is 625 g/mol. The number of amides is 1. The summed E-state index contributed by atoms with van der Waals surface area (Å²) in [6.45, 7) is 4.58. The highest BCUT2D eigenvalue weighted by atomic mass is 35.5. The van der Waals surface area contributed by atoms with Crippen molar-refractivity contribution in [1.29, 1.82) is 0 Å². The quantitative estimate of drug-likeness (QED) is 0.405. The van der Waals surface area contributed by atoms with Crippen molar-refractivity contribution in [2.75, 3.05) is 55.7 Å². The average Bonchev–Trinajstić information content (AvgIpc) is 3.55. The maximum absolute atomic E-state index is 14.6. The minimum Gasteiger partial charge on any atom is -0.508 e. The van der Waals surface area contributed by atoms with E-state index in [2.05, 4.69) is 20.0 Å². The third-order valence-electron chi connectivity index (χ3n) is 10.5. The van der Waals surface area contributed by atoms with Crippen LogP contribution in [0.15, 0.2) is 24.3 Å². The van der Waals surface area contributed by atoms with Gasteiger partial charge in [0.25, 0.3) is 0 Å². The van der Waals surface area contributed by atoms with E-state index in [1.165, 1.54) is 6.07 Å². The Morgan fingerprint density at radius 3 is 2.82 bits per heavy atom. The lowest BCUT2D eigenvalue weighted by atomic mass is 9.74. The number of phenolic OH excluding ortho intramolecular Hbond substituents is 1. The second-order valence-corrected chi connectivity index (χ2v) is 13.6. The van der Waals surface area contributed by atoms with E-state index in [1.807, 2.05) is 0 Å². The summed E-state index contributed by atoms with van der Waals surface area (Å²) in [6, 6.07) is 6.35. The molecule has 1 aromatic heterocycles. The number of halogens is 3. The third-order valence-corrected chi connectivity index (χ3v) is 10.9. The molecule has 2 N–H and O–H groups in total. The highest BCUT2D eigenvalue weighted by Gasteiger charge is 2.51. The maximum Gasteiger partial charge on any atom is 0.318 e. The second kappa shape index (κ2) is 10.3. The largest absolute Gasteiger partial charge is 0.508 e. The molecule has 44 heavy (non-hydrogen) atoms. The van der Waals surface area contributed by atoms with Gasteiger partial charge in [-0.15, -0.1) is 0 Å². The SMILES string of the molecule is O=C1NCC12CCCN(c1nc(OC[C@@]34CCCN3C[C@H](F)C4)nc3c1CCN(c1cc(O)cc4ccc(F)c(Cl)c14)C3)C2. The molecule has 5 aliphatic heterocycles. The van der Waals surface area contributed by atoms with Crippen LogP contribution >= 0.6 is 11.6 Å².